The normalized spacial score (nSPS) is 11.8. The van der Waals surface area contributed by atoms with Gasteiger partial charge in [-0.3, -0.25) is 9.82 Å². The summed E-state index contributed by atoms with van der Waals surface area (Å²) in [6.07, 6.45) is 0. The van der Waals surface area contributed by atoms with Crippen molar-refractivity contribution in [1.29, 1.82) is 0 Å². The van der Waals surface area contributed by atoms with Crippen molar-refractivity contribution < 1.29 is 17.5 Å². The maximum atomic E-state index is 13.8. The number of benzene rings is 1. The van der Waals surface area contributed by atoms with Gasteiger partial charge in [-0.15, -0.1) is 11.3 Å². The van der Waals surface area contributed by atoms with E-state index < -0.39 is 15.8 Å². The molecule has 2 heterocycles. The molecule has 0 radical (unpaired) electrons. The van der Waals surface area contributed by atoms with Crippen LogP contribution in [0.4, 0.5) is 10.2 Å². The minimum absolute atomic E-state index is 0.0315. The summed E-state index contributed by atoms with van der Waals surface area (Å²) >= 11 is 6.65. The first-order chi connectivity index (χ1) is 10.4. The molecule has 0 fully saturated rings. The highest BCUT2D eigenvalue weighted by Gasteiger charge is 2.22. The number of anilines is 1. The van der Waals surface area contributed by atoms with Crippen molar-refractivity contribution >= 4 is 49.7 Å². The molecule has 0 spiro atoms. The number of aromatic nitrogens is 2. The highest BCUT2D eigenvalue weighted by molar-refractivity contribution is 7.94. The Morgan fingerprint density at radius 3 is 2.77 bits per heavy atom. The number of rotatable bonds is 4. The third kappa shape index (κ3) is 2.51. The lowest BCUT2D eigenvalue weighted by Gasteiger charge is -2.06. The lowest BCUT2D eigenvalue weighted by molar-refractivity contribution is 0.392. The number of ether oxygens (including phenoxy) is 1. The van der Waals surface area contributed by atoms with Crippen LogP contribution in [0.15, 0.2) is 28.5 Å². The molecule has 3 rings (SSSR count). The van der Waals surface area contributed by atoms with Crippen molar-refractivity contribution in [2.24, 2.45) is 0 Å². The molecular formula is C12H9ClFN3O3S2. The van der Waals surface area contributed by atoms with Crippen LogP contribution in [0.2, 0.25) is 4.34 Å². The average molecular weight is 362 g/mol. The van der Waals surface area contributed by atoms with Gasteiger partial charge in [-0.25, -0.2) is 12.8 Å². The molecule has 0 aliphatic heterocycles. The van der Waals surface area contributed by atoms with Crippen LogP contribution in [0.1, 0.15) is 0 Å². The average Bonchev–Trinajstić information content (AvgIpc) is 3.06. The number of hydrogen-bond acceptors (Lipinski definition) is 5. The molecule has 0 saturated heterocycles. The van der Waals surface area contributed by atoms with E-state index in [-0.39, 0.29) is 21.2 Å². The number of halogens is 2. The first-order valence-electron chi connectivity index (χ1n) is 5.91. The number of fused-ring (bicyclic) bond motifs is 1. The number of nitrogens with zero attached hydrogens (tertiary/aromatic N) is 1. The maximum absolute atomic E-state index is 13.8. The van der Waals surface area contributed by atoms with Gasteiger partial charge in [0.25, 0.3) is 10.0 Å². The van der Waals surface area contributed by atoms with Crippen LogP contribution in [0.25, 0.3) is 10.9 Å². The Balaban J connectivity index is 2.10. The number of aromatic amines is 1. The molecule has 0 aliphatic carbocycles. The third-order valence-electron chi connectivity index (χ3n) is 2.88. The number of hydrogen-bond donors (Lipinski definition) is 2. The number of methoxy groups -OCH3 is 1. The van der Waals surface area contributed by atoms with Crippen LogP contribution in [0, 0.1) is 5.82 Å². The largest absolute Gasteiger partial charge is 0.493 e. The fourth-order valence-corrected chi connectivity index (χ4v) is 4.45. The fraction of sp³-hybridized carbons (Fsp3) is 0.0833. The van der Waals surface area contributed by atoms with Gasteiger partial charge in [0, 0.05) is 0 Å². The van der Waals surface area contributed by atoms with E-state index in [4.69, 9.17) is 16.3 Å². The summed E-state index contributed by atoms with van der Waals surface area (Å²) in [5.74, 6) is -0.750. The van der Waals surface area contributed by atoms with Gasteiger partial charge in [0.15, 0.2) is 17.4 Å². The summed E-state index contributed by atoms with van der Waals surface area (Å²) in [6.45, 7) is 0. The van der Waals surface area contributed by atoms with Crippen molar-refractivity contribution in [3.8, 4) is 5.75 Å². The van der Waals surface area contributed by atoms with Gasteiger partial charge in [0.05, 0.1) is 22.3 Å². The molecule has 0 atom stereocenters. The summed E-state index contributed by atoms with van der Waals surface area (Å²) in [5, 5.41) is 6.71. The molecule has 0 saturated carbocycles. The molecule has 116 valence electrons. The molecule has 0 aliphatic rings. The van der Waals surface area contributed by atoms with Crippen molar-refractivity contribution in [2.45, 2.75) is 4.21 Å². The minimum Gasteiger partial charge on any atom is -0.493 e. The molecule has 10 heteroatoms. The van der Waals surface area contributed by atoms with Gasteiger partial charge < -0.3 is 4.74 Å². The number of H-pyrrole nitrogens is 1. The van der Waals surface area contributed by atoms with E-state index in [2.05, 4.69) is 14.9 Å². The Morgan fingerprint density at radius 2 is 2.14 bits per heavy atom. The van der Waals surface area contributed by atoms with Gasteiger partial charge >= 0.3 is 0 Å². The van der Waals surface area contributed by atoms with E-state index in [1.807, 2.05) is 0 Å². The van der Waals surface area contributed by atoms with Crippen molar-refractivity contribution in [3.05, 3.63) is 34.4 Å². The quantitative estimate of drug-likeness (QED) is 0.747. The summed E-state index contributed by atoms with van der Waals surface area (Å²) in [7, 11) is -2.57. The van der Waals surface area contributed by atoms with E-state index in [1.165, 1.54) is 31.4 Å². The van der Waals surface area contributed by atoms with Gasteiger partial charge in [-0.05, 0) is 24.3 Å². The van der Waals surface area contributed by atoms with Crippen LogP contribution in [0.5, 0.6) is 5.75 Å². The summed E-state index contributed by atoms with van der Waals surface area (Å²) < 4.78 is 46.0. The van der Waals surface area contributed by atoms with E-state index >= 15 is 0 Å². The second-order valence-electron chi connectivity index (χ2n) is 4.24. The van der Waals surface area contributed by atoms with Crippen molar-refractivity contribution in [3.63, 3.8) is 0 Å². The Morgan fingerprint density at radius 1 is 1.36 bits per heavy atom. The standard InChI is InChI=1S/C12H9ClFN3O3S2/c1-20-11-6(14)2-3-7-10(11)12(16-15-7)17-22(18,19)9-5-4-8(13)21-9/h2-5H,1H3,(H2,15,16,17). The van der Waals surface area contributed by atoms with Crippen molar-refractivity contribution in [2.75, 3.05) is 11.8 Å². The smallest absolute Gasteiger partial charge is 0.272 e. The second-order valence-corrected chi connectivity index (χ2v) is 7.86. The molecule has 0 amide bonds. The number of sulfonamides is 1. The van der Waals surface area contributed by atoms with Gasteiger partial charge in [-0.2, -0.15) is 5.10 Å². The van der Waals surface area contributed by atoms with Gasteiger partial charge in [0.2, 0.25) is 0 Å². The number of nitrogens with one attached hydrogen (secondary N) is 2. The van der Waals surface area contributed by atoms with E-state index in [0.29, 0.717) is 9.85 Å². The lowest BCUT2D eigenvalue weighted by atomic mass is 10.2. The molecule has 0 unspecified atom stereocenters. The Labute approximate surface area is 133 Å². The summed E-state index contributed by atoms with van der Waals surface area (Å²) in [6, 6.07) is 5.50. The highest BCUT2D eigenvalue weighted by atomic mass is 35.5. The summed E-state index contributed by atoms with van der Waals surface area (Å²) in [4.78, 5) is 0. The zero-order valence-corrected chi connectivity index (χ0v) is 13.4. The first kappa shape index (κ1) is 15.1. The molecule has 2 aromatic heterocycles. The van der Waals surface area contributed by atoms with E-state index in [0.717, 1.165) is 11.3 Å². The second kappa shape index (κ2) is 5.41. The van der Waals surface area contributed by atoms with Crippen molar-refractivity contribution in [1.82, 2.24) is 10.2 Å². The molecule has 6 nitrogen and oxygen atoms in total. The molecule has 3 aromatic rings. The number of thiophene rings is 1. The predicted octanol–water partition coefficient (Wildman–Crippen LogP) is 3.23. The molecule has 1 aromatic carbocycles. The fourth-order valence-electron chi connectivity index (χ4n) is 1.95. The highest BCUT2D eigenvalue weighted by Crippen LogP contribution is 2.34. The van der Waals surface area contributed by atoms with Crippen LogP contribution in [0.3, 0.4) is 0 Å². The molecule has 22 heavy (non-hydrogen) atoms. The maximum Gasteiger partial charge on any atom is 0.272 e. The van der Waals surface area contributed by atoms with Crippen LogP contribution < -0.4 is 9.46 Å². The third-order valence-corrected chi connectivity index (χ3v) is 5.95. The Kier molecular flexibility index (Phi) is 3.71. The monoisotopic (exact) mass is 361 g/mol. The van der Waals surface area contributed by atoms with Gasteiger partial charge in [0.1, 0.15) is 4.21 Å². The zero-order chi connectivity index (χ0) is 15.9. The topological polar surface area (TPSA) is 84.1 Å². The predicted molar refractivity (Wildman–Crippen MR) is 82.7 cm³/mol. The summed E-state index contributed by atoms with van der Waals surface area (Å²) in [5.41, 5.74) is 0.445. The van der Waals surface area contributed by atoms with Crippen LogP contribution in [-0.4, -0.2) is 25.7 Å². The van der Waals surface area contributed by atoms with Crippen LogP contribution in [-0.2, 0) is 10.0 Å². The lowest BCUT2D eigenvalue weighted by Crippen LogP contribution is -2.12. The van der Waals surface area contributed by atoms with Crippen LogP contribution >= 0.6 is 22.9 Å². The van der Waals surface area contributed by atoms with Gasteiger partial charge in [-0.1, -0.05) is 11.6 Å². The van der Waals surface area contributed by atoms with E-state index in [9.17, 15) is 12.8 Å². The molecule has 2 N–H and O–H groups in total. The minimum atomic E-state index is -3.87. The Bertz CT molecular complexity index is 952. The molecular weight excluding hydrogens is 353 g/mol. The molecule has 0 bridgehead atoms. The van der Waals surface area contributed by atoms with E-state index in [1.54, 1.807) is 0 Å². The SMILES string of the molecule is COc1c(F)ccc2[nH]nc(NS(=O)(=O)c3ccc(Cl)s3)c12. The first-order valence-corrected chi connectivity index (χ1v) is 8.59. The Hall–Kier alpha value is -1.84. The zero-order valence-electron chi connectivity index (χ0n) is 11.1.